The van der Waals surface area contributed by atoms with E-state index in [4.69, 9.17) is 0 Å². The van der Waals surface area contributed by atoms with E-state index in [0.29, 0.717) is 11.1 Å². The van der Waals surface area contributed by atoms with Crippen LogP contribution in [0.15, 0.2) is 35.6 Å². The molecule has 0 unspecified atom stereocenters. The Labute approximate surface area is 142 Å². The van der Waals surface area contributed by atoms with E-state index in [2.05, 4.69) is 25.5 Å². The Morgan fingerprint density at radius 3 is 2.52 bits per heavy atom. The van der Waals surface area contributed by atoms with E-state index in [1.807, 2.05) is 20.0 Å². The van der Waals surface area contributed by atoms with Crippen LogP contribution < -0.4 is 5.43 Å². The number of fused-ring (bicyclic) bond motifs is 1. The summed E-state index contributed by atoms with van der Waals surface area (Å²) in [6, 6.07) is 6.49. The Hall–Kier alpha value is -2.90. The number of H-pyrrole nitrogens is 1. The number of alkyl halides is 3. The maximum absolute atomic E-state index is 13.0. The van der Waals surface area contributed by atoms with Crippen molar-refractivity contribution in [1.82, 2.24) is 15.0 Å². The van der Waals surface area contributed by atoms with Gasteiger partial charge in [-0.25, -0.2) is 9.97 Å². The molecule has 2 aromatic heterocycles. The Balaban J connectivity index is 2.05. The van der Waals surface area contributed by atoms with E-state index in [-0.39, 0.29) is 11.3 Å². The van der Waals surface area contributed by atoms with Gasteiger partial charge in [-0.05, 0) is 38.5 Å². The summed E-state index contributed by atoms with van der Waals surface area (Å²) in [6.07, 6.45) is -2.78. The molecular formula is C17H16F3N5. The zero-order valence-corrected chi connectivity index (χ0v) is 13.9. The van der Waals surface area contributed by atoms with Crippen LogP contribution in [0.25, 0.3) is 10.9 Å². The molecule has 5 nitrogen and oxygen atoms in total. The Bertz CT molecular complexity index is 937. The number of hydrogen-bond donors (Lipinski definition) is 2. The number of nitrogens with one attached hydrogen (secondary N) is 2. The minimum Gasteiger partial charge on any atom is -0.364 e. The SMILES string of the molecule is C/C(=N\Nc1nc(C(F)(F)F)nc2ccccc12)c1c(C)c[nH]c1C. The van der Waals surface area contributed by atoms with Crippen LogP contribution in [0.5, 0.6) is 0 Å². The van der Waals surface area contributed by atoms with Gasteiger partial charge in [0.1, 0.15) is 0 Å². The predicted molar refractivity (Wildman–Crippen MR) is 90.6 cm³/mol. The Morgan fingerprint density at radius 1 is 1.16 bits per heavy atom. The second-order valence-corrected chi connectivity index (χ2v) is 5.69. The average Bonchev–Trinajstić information content (AvgIpc) is 2.90. The van der Waals surface area contributed by atoms with Gasteiger partial charge in [-0.15, -0.1) is 0 Å². The molecule has 0 fully saturated rings. The molecule has 2 heterocycles. The predicted octanol–water partition coefficient (Wildman–Crippen LogP) is 4.43. The zero-order chi connectivity index (χ0) is 18.2. The van der Waals surface area contributed by atoms with Crippen LogP contribution in [0.3, 0.4) is 0 Å². The third kappa shape index (κ3) is 3.33. The monoisotopic (exact) mass is 347 g/mol. The summed E-state index contributed by atoms with van der Waals surface area (Å²) in [6.45, 7) is 5.62. The molecule has 8 heteroatoms. The summed E-state index contributed by atoms with van der Waals surface area (Å²) in [5.74, 6) is -1.18. The fraction of sp³-hybridized carbons (Fsp3) is 0.235. The van der Waals surface area contributed by atoms with Gasteiger partial charge in [0, 0.05) is 22.8 Å². The average molecular weight is 347 g/mol. The van der Waals surface area contributed by atoms with Gasteiger partial charge >= 0.3 is 6.18 Å². The van der Waals surface area contributed by atoms with Crippen LogP contribution in [0.1, 0.15) is 29.6 Å². The summed E-state index contributed by atoms with van der Waals surface area (Å²) in [7, 11) is 0. The number of hydrogen-bond acceptors (Lipinski definition) is 4. The number of rotatable bonds is 3. The summed E-state index contributed by atoms with van der Waals surface area (Å²) < 4.78 is 39.1. The van der Waals surface area contributed by atoms with E-state index in [0.717, 1.165) is 16.8 Å². The molecule has 0 atom stereocenters. The topological polar surface area (TPSA) is 66.0 Å². The lowest BCUT2D eigenvalue weighted by molar-refractivity contribution is -0.144. The van der Waals surface area contributed by atoms with Crippen molar-refractivity contribution < 1.29 is 13.2 Å². The quantitative estimate of drug-likeness (QED) is 0.544. The van der Waals surface area contributed by atoms with Gasteiger partial charge in [-0.1, -0.05) is 12.1 Å². The zero-order valence-electron chi connectivity index (χ0n) is 13.9. The highest BCUT2D eigenvalue weighted by Gasteiger charge is 2.35. The number of anilines is 1. The molecular weight excluding hydrogens is 331 g/mol. The van der Waals surface area contributed by atoms with Crippen LogP contribution in [-0.4, -0.2) is 20.7 Å². The van der Waals surface area contributed by atoms with Crippen molar-refractivity contribution in [3.05, 3.63) is 53.1 Å². The third-order valence-corrected chi connectivity index (χ3v) is 3.82. The maximum atomic E-state index is 13.0. The Morgan fingerprint density at radius 2 is 1.88 bits per heavy atom. The minimum absolute atomic E-state index is 0.0168. The molecule has 3 rings (SSSR count). The van der Waals surface area contributed by atoms with Gasteiger partial charge in [-0.3, -0.25) is 5.43 Å². The van der Waals surface area contributed by atoms with Gasteiger partial charge in [0.15, 0.2) is 5.82 Å². The van der Waals surface area contributed by atoms with Crippen LogP contribution in [0.2, 0.25) is 0 Å². The molecule has 3 aromatic rings. The van der Waals surface area contributed by atoms with Crippen molar-refractivity contribution in [2.45, 2.75) is 26.9 Å². The summed E-state index contributed by atoms with van der Waals surface area (Å²) in [5.41, 5.74) is 6.37. The first-order valence-electron chi connectivity index (χ1n) is 7.56. The van der Waals surface area contributed by atoms with E-state index in [1.165, 1.54) is 6.07 Å². The van der Waals surface area contributed by atoms with E-state index < -0.39 is 12.0 Å². The largest absolute Gasteiger partial charge is 0.451 e. The third-order valence-electron chi connectivity index (χ3n) is 3.82. The van der Waals surface area contributed by atoms with Gasteiger partial charge in [0.2, 0.25) is 5.82 Å². The van der Waals surface area contributed by atoms with Crippen molar-refractivity contribution in [1.29, 1.82) is 0 Å². The van der Waals surface area contributed by atoms with Crippen LogP contribution in [-0.2, 0) is 6.18 Å². The fourth-order valence-electron chi connectivity index (χ4n) is 2.69. The number of nitrogens with zero attached hydrogens (tertiary/aromatic N) is 3. The highest BCUT2D eigenvalue weighted by molar-refractivity contribution is 6.01. The van der Waals surface area contributed by atoms with Crippen molar-refractivity contribution in [2.24, 2.45) is 5.10 Å². The number of hydrazone groups is 1. The number of halogens is 3. The van der Waals surface area contributed by atoms with E-state index in [9.17, 15) is 13.2 Å². The molecule has 130 valence electrons. The maximum Gasteiger partial charge on any atom is 0.451 e. The molecule has 0 bridgehead atoms. The van der Waals surface area contributed by atoms with Crippen molar-refractivity contribution >= 4 is 22.4 Å². The van der Waals surface area contributed by atoms with Gasteiger partial charge < -0.3 is 4.98 Å². The first-order valence-corrected chi connectivity index (χ1v) is 7.56. The lowest BCUT2D eigenvalue weighted by atomic mass is 10.1. The molecule has 0 amide bonds. The number of aromatic amines is 1. The van der Waals surface area contributed by atoms with Gasteiger partial charge in [0.05, 0.1) is 11.2 Å². The van der Waals surface area contributed by atoms with Crippen molar-refractivity contribution in [3.63, 3.8) is 0 Å². The molecule has 0 saturated carbocycles. The van der Waals surface area contributed by atoms with Crippen molar-refractivity contribution in [3.8, 4) is 0 Å². The highest BCUT2D eigenvalue weighted by atomic mass is 19.4. The number of benzene rings is 1. The lowest BCUT2D eigenvalue weighted by Crippen LogP contribution is -2.13. The molecule has 0 spiro atoms. The highest BCUT2D eigenvalue weighted by Crippen LogP contribution is 2.30. The fourth-order valence-corrected chi connectivity index (χ4v) is 2.69. The Kier molecular flexibility index (Phi) is 4.20. The first kappa shape index (κ1) is 16.9. The molecule has 0 aliphatic rings. The minimum atomic E-state index is -4.63. The standard InChI is InChI=1S/C17H16F3N5/c1-9-8-21-10(2)14(9)11(3)24-25-15-12-6-4-5-7-13(12)22-16(23-15)17(18,19)20/h4-8,21H,1-3H3,(H,22,23,25)/b24-11+. The second-order valence-electron chi connectivity index (χ2n) is 5.69. The molecule has 0 aliphatic carbocycles. The number of aryl methyl sites for hydroxylation is 2. The normalized spacial score (nSPS) is 12.6. The molecule has 0 aliphatic heterocycles. The lowest BCUT2D eigenvalue weighted by Gasteiger charge is -2.10. The van der Waals surface area contributed by atoms with E-state index >= 15 is 0 Å². The van der Waals surface area contributed by atoms with Gasteiger partial charge in [-0.2, -0.15) is 18.3 Å². The first-order chi connectivity index (χ1) is 11.8. The molecule has 0 saturated heterocycles. The van der Waals surface area contributed by atoms with Gasteiger partial charge in [0.25, 0.3) is 0 Å². The molecule has 1 aromatic carbocycles. The molecule has 25 heavy (non-hydrogen) atoms. The van der Waals surface area contributed by atoms with Crippen LogP contribution >= 0.6 is 0 Å². The number of aromatic nitrogens is 3. The van der Waals surface area contributed by atoms with Crippen LogP contribution in [0, 0.1) is 13.8 Å². The molecule has 0 radical (unpaired) electrons. The van der Waals surface area contributed by atoms with Crippen LogP contribution in [0.4, 0.5) is 19.0 Å². The number of para-hydroxylation sites is 1. The summed E-state index contributed by atoms with van der Waals surface area (Å²) >= 11 is 0. The van der Waals surface area contributed by atoms with E-state index in [1.54, 1.807) is 25.1 Å². The molecule has 2 N–H and O–H groups in total. The smallest absolute Gasteiger partial charge is 0.364 e. The second kappa shape index (κ2) is 6.19. The van der Waals surface area contributed by atoms with Crippen molar-refractivity contribution in [2.75, 3.05) is 5.43 Å². The summed E-state index contributed by atoms with van der Waals surface area (Å²) in [5, 5.41) is 4.69. The summed E-state index contributed by atoms with van der Waals surface area (Å²) in [4.78, 5) is 10.3.